The topological polar surface area (TPSA) is 96.3 Å². The molecule has 1 aromatic carbocycles. The number of halogens is 1. The number of urea groups is 1. The molecule has 2 amide bonds. The molecule has 4 rings (SSSR count). The van der Waals surface area contributed by atoms with E-state index in [4.69, 9.17) is 14.7 Å². The minimum absolute atomic E-state index is 0.0174. The van der Waals surface area contributed by atoms with Gasteiger partial charge in [0.1, 0.15) is 17.7 Å². The predicted octanol–water partition coefficient (Wildman–Crippen LogP) is 2.40. The molecule has 8 heteroatoms. The van der Waals surface area contributed by atoms with Gasteiger partial charge in [0.15, 0.2) is 11.5 Å². The molecule has 1 saturated carbocycles. The highest BCUT2D eigenvalue weighted by atomic mass is 19.1. The Hall–Kier alpha value is -3.34. The number of fused-ring (bicyclic) bond motifs is 3. The molecule has 7 nitrogen and oxygen atoms in total. The maximum atomic E-state index is 14.3. The summed E-state index contributed by atoms with van der Waals surface area (Å²) in [5.41, 5.74) is 0.852. The molecule has 1 fully saturated rings. The number of hydrogen-bond acceptors (Lipinski definition) is 5. The molecule has 1 aliphatic heterocycles. The van der Waals surface area contributed by atoms with Crippen molar-refractivity contribution in [3.63, 3.8) is 0 Å². The van der Waals surface area contributed by atoms with Gasteiger partial charge in [-0.15, -0.1) is 0 Å². The number of amides is 2. The van der Waals surface area contributed by atoms with Gasteiger partial charge in [0.25, 0.3) is 0 Å². The van der Waals surface area contributed by atoms with E-state index in [1.807, 2.05) is 6.07 Å². The number of pyridine rings is 1. The summed E-state index contributed by atoms with van der Waals surface area (Å²) in [6, 6.07) is 7.27. The third kappa shape index (κ3) is 2.67. The van der Waals surface area contributed by atoms with Crippen molar-refractivity contribution in [1.82, 2.24) is 10.3 Å². The Kier molecular flexibility index (Phi) is 3.84. The summed E-state index contributed by atoms with van der Waals surface area (Å²) in [5, 5.41) is 14.2. The average Bonchev–Trinajstić information content (AvgIpc) is 3.35. The van der Waals surface area contributed by atoms with Crippen molar-refractivity contribution in [3.05, 3.63) is 47.4 Å². The number of anilines is 1. The van der Waals surface area contributed by atoms with E-state index in [1.165, 1.54) is 25.4 Å². The molecule has 1 unspecified atom stereocenters. The van der Waals surface area contributed by atoms with Gasteiger partial charge in [-0.25, -0.2) is 14.2 Å². The molecule has 2 aliphatic rings. The first kappa shape index (κ1) is 16.1. The molecule has 2 heterocycles. The van der Waals surface area contributed by atoms with Gasteiger partial charge in [-0.3, -0.25) is 5.32 Å². The fourth-order valence-corrected chi connectivity index (χ4v) is 3.36. The number of nitrogens with zero attached hydrogens (tertiary/aromatic N) is 2. The Balaban J connectivity index is 1.46. The highest BCUT2D eigenvalue weighted by Crippen LogP contribution is 2.56. The number of rotatable bonds is 3. The van der Waals surface area contributed by atoms with Crippen molar-refractivity contribution in [2.45, 2.75) is 12.0 Å². The quantitative estimate of drug-likeness (QED) is 0.882. The van der Waals surface area contributed by atoms with Crippen molar-refractivity contribution < 1.29 is 18.7 Å². The lowest BCUT2D eigenvalue weighted by atomic mass is 10.0. The Bertz CT molecular complexity index is 910. The second-order valence-electron chi connectivity index (χ2n) is 6.16. The summed E-state index contributed by atoms with van der Waals surface area (Å²) < 4.78 is 25.2. The zero-order valence-electron chi connectivity index (χ0n) is 13.8. The minimum atomic E-state index is -0.438. The molecule has 2 aromatic rings. The lowest BCUT2D eigenvalue weighted by Crippen LogP contribution is -2.32. The van der Waals surface area contributed by atoms with E-state index in [2.05, 4.69) is 15.6 Å². The first-order valence-electron chi connectivity index (χ1n) is 8.05. The van der Waals surface area contributed by atoms with Crippen LogP contribution in [0, 0.1) is 23.1 Å². The van der Waals surface area contributed by atoms with Crippen molar-refractivity contribution >= 4 is 11.8 Å². The monoisotopic (exact) mass is 354 g/mol. The lowest BCUT2D eigenvalue weighted by Gasteiger charge is -2.19. The Labute approximate surface area is 148 Å². The number of methoxy groups -OCH3 is 1. The SMILES string of the molecule is COc1ccc(F)c2c1OC[C@@H]1C(NC(=O)Nc3ccc(C#N)cn3)[C@H]21. The molecule has 132 valence electrons. The zero-order valence-corrected chi connectivity index (χ0v) is 13.8. The van der Waals surface area contributed by atoms with Gasteiger partial charge in [0, 0.05) is 29.6 Å². The van der Waals surface area contributed by atoms with E-state index < -0.39 is 6.03 Å². The maximum Gasteiger partial charge on any atom is 0.320 e. The molecule has 26 heavy (non-hydrogen) atoms. The molecule has 0 bridgehead atoms. The number of hydrogen-bond donors (Lipinski definition) is 2. The highest BCUT2D eigenvalue weighted by molar-refractivity contribution is 5.89. The third-order valence-corrected chi connectivity index (χ3v) is 4.68. The molecule has 1 aliphatic carbocycles. The summed E-state index contributed by atoms with van der Waals surface area (Å²) >= 11 is 0. The maximum absolute atomic E-state index is 14.3. The number of carbonyl (C=O) groups excluding carboxylic acids is 1. The van der Waals surface area contributed by atoms with Gasteiger partial charge < -0.3 is 14.8 Å². The molecule has 2 N–H and O–H groups in total. The fourth-order valence-electron chi connectivity index (χ4n) is 3.36. The Morgan fingerprint density at radius 3 is 2.96 bits per heavy atom. The number of benzene rings is 1. The summed E-state index contributed by atoms with van der Waals surface area (Å²) in [6.45, 7) is 0.386. The average molecular weight is 354 g/mol. The van der Waals surface area contributed by atoms with Crippen LogP contribution in [-0.2, 0) is 0 Å². The van der Waals surface area contributed by atoms with Crippen LogP contribution >= 0.6 is 0 Å². The van der Waals surface area contributed by atoms with Crippen LogP contribution in [0.2, 0.25) is 0 Å². The second-order valence-corrected chi connectivity index (χ2v) is 6.16. The largest absolute Gasteiger partial charge is 0.493 e. The standard InChI is InChI=1S/C18H15FN4O3/c1-25-12-4-3-11(19)15-14-10(8-26-17(12)15)16(14)23-18(24)22-13-5-2-9(6-20)7-21-13/h2-5,7,10,14,16H,8H2,1H3,(H2,21,22,23,24)/t10-,14-,16?/m0/s1. The normalized spacial score (nSPS) is 22.1. The smallest absolute Gasteiger partial charge is 0.320 e. The van der Waals surface area contributed by atoms with Gasteiger partial charge in [-0.1, -0.05) is 0 Å². The van der Waals surface area contributed by atoms with Crippen molar-refractivity contribution in [3.8, 4) is 17.6 Å². The van der Waals surface area contributed by atoms with Crippen LogP contribution in [0.5, 0.6) is 11.5 Å². The van der Waals surface area contributed by atoms with Crippen LogP contribution in [0.1, 0.15) is 17.0 Å². The molecule has 0 spiro atoms. The zero-order chi connectivity index (χ0) is 18.3. The second kappa shape index (κ2) is 6.19. The molecule has 0 radical (unpaired) electrons. The summed E-state index contributed by atoms with van der Waals surface area (Å²) in [5.74, 6) is 0.727. The van der Waals surface area contributed by atoms with Crippen molar-refractivity contribution in [1.29, 1.82) is 5.26 Å². The van der Waals surface area contributed by atoms with E-state index in [0.717, 1.165) is 0 Å². The summed E-state index contributed by atoms with van der Waals surface area (Å²) in [6.07, 6.45) is 1.37. The first-order valence-corrected chi connectivity index (χ1v) is 8.05. The van der Waals surface area contributed by atoms with E-state index in [0.29, 0.717) is 35.1 Å². The molecule has 3 atom stereocenters. The molecular weight excluding hydrogens is 339 g/mol. The van der Waals surface area contributed by atoms with Crippen molar-refractivity contribution in [2.75, 3.05) is 19.0 Å². The van der Waals surface area contributed by atoms with Gasteiger partial charge in [-0.2, -0.15) is 5.26 Å². The minimum Gasteiger partial charge on any atom is -0.493 e. The fraction of sp³-hybridized carbons (Fsp3) is 0.278. The van der Waals surface area contributed by atoms with E-state index in [9.17, 15) is 9.18 Å². The van der Waals surface area contributed by atoms with Crippen LogP contribution < -0.4 is 20.1 Å². The van der Waals surface area contributed by atoms with Gasteiger partial charge in [-0.05, 0) is 24.3 Å². The summed E-state index contributed by atoms with van der Waals surface area (Å²) in [7, 11) is 1.50. The van der Waals surface area contributed by atoms with E-state index in [-0.39, 0.29) is 23.7 Å². The first-order chi connectivity index (χ1) is 12.6. The third-order valence-electron chi connectivity index (χ3n) is 4.68. The molecule has 1 aromatic heterocycles. The van der Waals surface area contributed by atoms with Crippen LogP contribution in [0.15, 0.2) is 30.5 Å². The number of ether oxygens (including phenoxy) is 2. The molecular formula is C18H15FN4O3. The number of carbonyl (C=O) groups is 1. The van der Waals surface area contributed by atoms with E-state index in [1.54, 1.807) is 12.1 Å². The number of nitriles is 1. The van der Waals surface area contributed by atoms with E-state index >= 15 is 0 Å². The number of nitrogens with one attached hydrogen (secondary N) is 2. The van der Waals surface area contributed by atoms with Crippen LogP contribution in [0.25, 0.3) is 0 Å². The Morgan fingerprint density at radius 1 is 1.42 bits per heavy atom. The van der Waals surface area contributed by atoms with Crippen LogP contribution in [0.4, 0.5) is 15.0 Å². The van der Waals surface area contributed by atoms with Crippen molar-refractivity contribution in [2.24, 2.45) is 5.92 Å². The lowest BCUT2D eigenvalue weighted by molar-refractivity contribution is 0.247. The summed E-state index contributed by atoms with van der Waals surface area (Å²) in [4.78, 5) is 16.2. The van der Waals surface area contributed by atoms with Gasteiger partial charge >= 0.3 is 6.03 Å². The van der Waals surface area contributed by atoms with Crippen LogP contribution in [0.3, 0.4) is 0 Å². The predicted molar refractivity (Wildman–Crippen MR) is 89.6 cm³/mol. The van der Waals surface area contributed by atoms with Gasteiger partial charge in [0.2, 0.25) is 0 Å². The number of aromatic nitrogens is 1. The van der Waals surface area contributed by atoms with Crippen LogP contribution in [-0.4, -0.2) is 30.8 Å². The Morgan fingerprint density at radius 2 is 2.27 bits per heavy atom. The van der Waals surface area contributed by atoms with Gasteiger partial charge in [0.05, 0.1) is 19.3 Å². The molecule has 0 saturated heterocycles. The highest BCUT2D eigenvalue weighted by Gasteiger charge is 2.57.